The second-order valence-electron chi connectivity index (χ2n) is 22.7. The van der Waals surface area contributed by atoms with Crippen molar-refractivity contribution in [3.8, 4) is 33.4 Å². The molecule has 3 heterocycles. The van der Waals surface area contributed by atoms with Crippen molar-refractivity contribution < 1.29 is 43.0 Å². The number of hydrogen-bond acceptors (Lipinski definition) is 14. The van der Waals surface area contributed by atoms with Gasteiger partial charge in [-0.2, -0.15) is 0 Å². The van der Waals surface area contributed by atoms with Crippen LogP contribution in [0.15, 0.2) is 78.1 Å². The molecule has 4 N–H and O–H groups in total. The number of esters is 1. The Morgan fingerprint density at radius 2 is 1.01 bits per heavy atom. The van der Waals surface area contributed by atoms with Crippen molar-refractivity contribution in [3.63, 3.8) is 0 Å². The number of pyridine rings is 2. The van der Waals surface area contributed by atoms with E-state index >= 15 is 0 Å². The molecule has 0 amide bonds. The van der Waals surface area contributed by atoms with Crippen molar-refractivity contribution in [2.75, 3.05) is 68.5 Å². The van der Waals surface area contributed by atoms with Crippen molar-refractivity contribution in [1.29, 1.82) is 0 Å². The highest BCUT2D eigenvalue weighted by Gasteiger charge is 2.24. The quantitative estimate of drug-likeness (QED) is 0.0183. The smallest absolute Gasteiger partial charge is 0.302 e. The fourth-order valence-corrected chi connectivity index (χ4v) is 7.13. The van der Waals surface area contributed by atoms with Gasteiger partial charge < -0.3 is 54.3 Å². The molecule has 77 heavy (non-hydrogen) atoms. The van der Waals surface area contributed by atoms with E-state index < -0.39 is 11.1 Å². The molecular weight excluding hydrogens is 979 g/mol. The number of nitrogens with zero attached hydrogens (tertiary/aromatic N) is 7. The molecule has 18 heteroatoms. The highest BCUT2D eigenvalue weighted by Crippen LogP contribution is 2.33. The van der Waals surface area contributed by atoms with Crippen LogP contribution in [0, 0.1) is 10.4 Å². The van der Waals surface area contributed by atoms with Crippen molar-refractivity contribution >= 4 is 37.3 Å². The molecule has 18 nitrogen and oxygen atoms in total. The molecule has 0 saturated carbocycles. The Bertz CT molecular complexity index is 2690. The molecule has 0 bridgehead atoms. The van der Waals surface area contributed by atoms with Crippen LogP contribution < -0.4 is 11.2 Å². The summed E-state index contributed by atoms with van der Waals surface area (Å²) in [5.41, 5.74) is 15.8. The molecule has 0 unspecified atom stereocenters. The molecule has 424 valence electrons. The number of rotatable bonds is 18. The lowest BCUT2D eigenvalue weighted by Crippen LogP contribution is -2.32. The molecule has 0 spiro atoms. The fraction of sp³-hybridized carbons (Fsp3) is 0.492. The average molecular weight is 1070 g/mol. The summed E-state index contributed by atoms with van der Waals surface area (Å²) in [7, 11) is 12.3. The molecule has 6 aliphatic rings. The minimum atomic E-state index is -0.516. The number of nitrogens with two attached hydrogens (primary N) is 1. The zero-order valence-electron chi connectivity index (χ0n) is 48.8. The van der Waals surface area contributed by atoms with Gasteiger partial charge in [-0.25, -0.2) is 15.0 Å². The molecule has 6 rings (SSSR count). The minimum Gasteiger partial charge on any atom is -0.623 e. The van der Waals surface area contributed by atoms with E-state index in [4.69, 9.17) is 20.1 Å². The molecule has 0 aromatic rings. The third-order valence-corrected chi connectivity index (χ3v) is 11.5. The second-order valence-corrected chi connectivity index (χ2v) is 22.7. The summed E-state index contributed by atoms with van der Waals surface area (Å²) in [5.74, 6) is -0.348. The van der Waals surface area contributed by atoms with Crippen molar-refractivity contribution in [2.24, 2.45) is 5.73 Å². The van der Waals surface area contributed by atoms with Gasteiger partial charge in [0.05, 0.1) is 18.1 Å². The van der Waals surface area contributed by atoms with E-state index in [0.717, 1.165) is 137 Å². The summed E-state index contributed by atoms with van der Waals surface area (Å²) in [4.78, 5) is 50.0. The third-order valence-electron chi connectivity index (χ3n) is 11.5. The van der Waals surface area contributed by atoms with Gasteiger partial charge in [0.1, 0.15) is 6.61 Å². The van der Waals surface area contributed by atoms with Gasteiger partial charge in [-0.3, -0.25) is 19.2 Å². The molecule has 0 aromatic carbocycles. The van der Waals surface area contributed by atoms with Crippen LogP contribution in [0.2, 0.25) is 0 Å². The molecular formula is C59H89N9O9. The summed E-state index contributed by atoms with van der Waals surface area (Å²) in [6.45, 7) is 24.1. The first kappa shape index (κ1) is 66.6. The van der Waals surface area contributed by atoms with Crippen molar-refractivity contribution in [3.05, 3.63) is 118 Å². The number of aldehydes is 3. The topological polar surface area (TPSA) is 221 Å². The van der Waals surface area contributed by atoms with Gasteiger partial charge in [-0.15, -0.1) is 0 Å². The molecule has 0 saturated heterocycles. The number of hydroxylamine groups is 3. The number of ether oxygens (including phenoxy) is 1. The van der Waals surface area contributed by atoms with E-state index in [-0.39, 0.29) is 18.1 Å². The van der Waals surface area contributed by atoms with E-state index in [1.54, 1.807) is 24.6 Å². The molecule has 0 radical (unpaired) electrons. The summed E-state index contributed by atoms with van der Waals surface area (Å²) >= 11 is 0. The normalized spacial score (nSPS) is 12.1. The Labute approximate surface area is 457 Å². The Balaban J connectivity index is 0.000000365. The van der Waals surface area contributed by atoms with Crippen LogP contribution in [-0.2, 0) is 29.2 Å². The average Bonchev–Trinajstić information content (AvgIpc) is 4.09. The molecule has 3 aliphatic heterocycles. The molecule has 0 atom stereocenters. The standard InChI is InChI=1S/C23H36N4O2.C15H18N2O2.C12H10O4.C5H14N2.C4H11NO/c1-22(2,3)26(28)15-18-10-11-20-19(16-27(29)23(4,5)6)14-25(17-21(18)20)13-9-12-24(7)8;1-16(2)6-3-7-17-8-13(11-19)14-5-4-12(10-18)15(14)9-17;1-8(14)16-6-10-5-15-7-12-9(4-13)2-3-11(10)12;1-7(2)5-3-4-6;1-4(2,3)5-6/h10-11,14-17H,9,12-13H2,1-8H3;4-5,8-11H,3,6-7H2,1-2H3;2-5,7H,6H2,1H3;3-6H2,1-2H3;5-6H,1-3H3/b26-15-,27-16-;;;;. The number of aromatic nitrogens is 2. The Morgan fingerprint density at radius 1 is 0.610 bits per heavy atom. The van der Waals surface area contributed by atoms with Gasteiger partial charge in [-0.1, -0.05) is 30.3 Å². The highest BCUT2D eigenvalue weighted by atomic mass is 16.5. The minimum absolute atomic E-state index is 0.151. The number of hydrogen-bond donors (Lipinski definition) is 3. The van der Waals surface area contributed by atoms with Crippen LogP contribution >= 0.6 is 0 Å². The molecule has 0 fully saturated rings. The molecule has 0 aromatic heterocycles. The predicted octanol–water partition coefficient (Wildman–Crippen LogP) is 9.09. The van der Waals surface area contributed by atoms with E-state index in [9.17, 15) is 29.6 Å². The van der Waals surface area contributed by atoms with Crippen molar-refractivity contribution in [2.45, 2.75) is 125 Å². The zero-order chi connectivity index (χ0) is 58.3. The van der Waals surface area contributed by atoms with Crippen LogP contribution in [0.1, 0.15) is 136 Å². The number of nitrogens with one attached hydrogen (secondary N) is 1. The van der Waals surface area contributed by atoms with Crippen LogP contribution in [0.3, 0.4) is 0 Å². The summed E-state index contributed by atoms with van der Waals surface area (Å²) in [6, 6.07) is 11.1. The van der Waals surface area contributed by atoms with Crippen LogP contribution in [0.25, 0.3) is 33.4 Å². The lowest BCUT2D eigenvalue weighted by atomic mass is 10.0. The lowest BCUT2D eigenvalue weighted by Gasteiger charge is -2.20. The number of fused-ring (bicyclic) bond motifs is 3. The van der Waals surface area contributed by atoms with Gasteiger partial charge in [0.15, 0.2) is 42.4 Å². The van der Waals surface area contributed by atoms with E-state index in [0.29, 0.717) is 16.7 Å². The van der Waals surface area contributed by atoms with Crippen LogP contribution in [0.5, 0.6) is 0 Å². The van der Waals surface area contributed by atoms with Crippen LogP contribution in [-0.4, -0.2) is 161 Å². The lowest BCUT2D eigenvalue weighted by molar-refractivity contribution is -0.530. The monoisotopic (exact) mass is 1070 g/mol. The number of aryl methyl sites for hydroxylation is 2. The number of carbonyl (C=O) groups excluding carboxylic acids is 4. The SMILES string of the molecule is CC(=O)OCc1cocc2c(C=O)ccc1-2.CC(C)(C)NO.CN(C)CCCN.CN(C)CCCn1cc(/C=[N+](\[O-])C(C)(C)C)c2ccc(/C=[N+](\[O-])C(C)(C)C)c-2c1.CN(C)CCCn1cc(C=O)c2ccc(C=O)c-2c1. The Kier molecular flexibility index (Phi) is 27.3. The maximum Gasteiger partial charge on any atom is 0.302 e. The predicted molar refractivity (Wildman–Crippen MR) is 309 cm³/mol. The first-order valence-corrected chi connectivity index (χ1v) is 25.9. The van der Waals surface area contributed by atoms with E-state index in [1.165, 1.54) is 19.5 Å². The van der Waals surface area contributed by atoms with Crippen LogP contribution in [0.4, 0.5) is 0 Å². The van der Waals surface area contributed by atoms with Gasteiger partial charge in [0.2, 0.25) is 0 Å². The first-order valence-electron chi connectivity index (χ1n) is 25.9. The van der Waals surface area contributed by atoms with E-state index in [2.05, 4.69) is 59.1 Å². The highest BCUT2D eigenvalue weighted by molar-refractivity contribution is 5.98. The summed E-state index contributed by atoms with van der Waals surface area (Å²) in [6.07, 6.45) is 19.8. The van der Waals surface area contributed by atoms with Gasteiger partial charge >= 0.3 is 5.97 Å². The maximum atomic E-state index is 12.6. The third kappa shape index (κ3) is 23.3. The van der Waals surface area contributed by atoms with Gasteiger partial charge in [0.25, 0.3) is 0 Å². The Hall–Kier alpha value is -6.54. The maximum absolute atomic E-state index is 12.6. The largest absolute Gasteiger partial charge is 0.623 e. The van der Waals surface area contributed by atoms with Crippen molar-refractivity contribution in [1.82, 2.24) is 29.3 Å². The zero-order valence-corrected chi connectivity index (χ0v) is 48.8. The summed E-state index contributed by atoms with van der Waals surface area (Å²) < 4.78 is 16.1. The van der Waals surface area contributed by atoms with Gasteiger partial charge in [-0.05, 0) is 131 Å². The molecule has 3 aliphatic carbocycles. The van der Waals surface area contributed by atoms with E-state index in [1.807, 2.05) is 124 Å². The summed E-state index contributed by atoms with van der Waals surface area (Å²) in [5, 5.41) is 33.2. The van der Waals surface area contributed by atoms with Gasteiger partial charge in [0, 0.05) is 136 Å². The fourth-order valence-electron chi connectivity index (χ4n) is 7.13. The first-order chi connectivity index (χ1) is 36.0. The Morgan fingerprint density at radius 3 is 1.43 bits per heavy atom. The second kappa shape index (κ2) is 31.6. The number of carbonyl (C=O) groups is 4.